The predicted octanol–water partition coefficient (Wildman–Crippen LogP) is 10.7. The van der Waals surface area contributed by atoms with Gasteiger partial charge < -0.3 is 35.2 Å². The van der Waals surface area contributed by atoms with Gasteiger partial charge in [-0.15, -0.1) is 11.8 Å². The number of carbonyl (C=O) groups excluding carboxylic acids is 2. The van der Waals surface area contributed by atoms with Gasteiger partial charge in [0.15, 0.2) is 6.10 Å². The molecule has 0 saturated carbocycles. The minimum atomic E-state index is -4.93. The normalized spacial score (nSPS) is 14.8. The van der Waals surface area contributed by atoms with E-state index in [0.717, 1.165) is 57.8 Å². The molecular formula is C48H78NO11PS. The second-order valence-corrected chi connectivity index (χ2v) is 17.3. The van der Waals surface area contributed by atoms with Gasteiger partial charge in [0.25, 0.3) is 0 Å². The van der Waals surface area contributed by atoms with Gasteiger partial charge in [0.05, 0.1) is 12.7 Å². The van der Waals surface area contributed by atoms with Crippen molar-refractivity contribution in [2.45, 2.75) is 166 Å². The third-order valence-electron chi connectivity index (χ3n) is 9.07. The van der Waals surface area contributed by atoms with Crippen molar-refractivity contribution in [3.8, 4) is 0 Å². The number of carboxylic acid groups (broad SMARTS) is 1. The molecule has 0 aromatic carbocycles. The number of carbonyl (C=O) groups is 3. The first-order valence-corrected chi connectivity index (χ1v) is 25.1. The molecule has 0 saturated heterocycles. The molecular weight excluding hydrogens is 830 g/mol. The lowest BCUT2D eigenvalue weighted by atomic mass is 10.1. The van der Waals surface area contributed by atoms with Crippen LogP contribution < -0.4 is 5.73 Å². The third kappa shape index (κ3) is 40.8. The maximum Gasteiger partial charge on any atom is 0.469 e. The molecule has 0 aromatic rings. The number of hydrogen-bond acceptors (Lipinski definition) is 10. The van der Waals surface area contributed by atoms with Gasteiger partial charge in [0, 0.05) is 23.8 Å². The maximum atomic E-state index is 13.0. The summed E-state index contributed by atoms with van der Waals surface area (Å²) in [5.74, 6) is -2.45. The van der Waals surface area contributed by atoms with E-state index in [1.807, 2.05) is 18.2 Å². The second kappa shape index (κ2) is 41.7. The monoisotopic (exact) mass is 908 g/mol. The number of carboxylic acids is 1. The van der Waals surface area contributed by atoms with E-state index < -0.39 is 62.4 Å². The molecule has 0 aromatic heterocycles. The molecule has 12 nitrogen and oxygen atoms in total. The fourth-order valence-electron chi connectivity index (χ4n) is 5.54. The van der Waals surface area contributed by atoms with E-state index in [9.17, 15) is 33.8 Å². The Labute approximate surface area is 376 Å². The van der Waals surface area contributed by atoms with Crippen molar-refractivity contribution in [2.24, 2.45) is 5.73 Å². The summed E-state index contributed by atoms with van der Waals surface area (Å²) < 4.78 is 26.5. The molecule has 0 heterocycles. The van der Waals surface area contributed by atoms with E-state index in [-0.39, 0.29) is 31.4 Å². The van der Waals surface area contributed by atoms with Crippen LogP contribution in [0.3, 0.4) is 0 Å². The molecule has 0 unspecified atom stereocenters. The zero-order valence-corrected chi connectivity index (χ0v) is 39.1. The number of thioether (sulfide) groups is 1. The SMILES string of the molecule is CCCCC/C=C\C\C=C/C=C/C=C/[C@@H](SC[C@H](N)C(=O)O[C@H](COC(=O)CCCCC/C=C\C/C=C\C/C=C\C/C=C\CCCCC)COP(=O)(O)O)[C@@H](O)CCCC(=O)O. The molecule has 0 bridgehead atoms. The third-order valence-corrected chi connectivity index (χ3v) is 11.0. The lowest BCUT2D eigenvalue weighted by Crippen LogP contribution is -2.40. The Bertz CT molecular complexity index is 1450. The molecule has 0 spiro atoms. The highest BCUT2D eigenvalue weighted by molar-refractivity contribution is 8.00. The number of aliphatic hydroxyl groups is 1. The minimum Gasteiger partial charge on any atom is -0.481 e. The Morgan fingerprint density at radius 2 is 1.19 bits per heavy atom. The van der Waals surface area contributed by atoms with Crippen LogP contribution in [0.4, 0.5) is 0 Å². The van der Waals surface area contributed by atoms with Gasteiger partial charge in [0.2, 0.25) is 0 Å². The van der Waals surface area contributed by atoms with Crippen LogP contribution in [0.25, 0.3) is 0 Å². The number of hydrogen-bond donors (Lipinski definition) is 5. The summed E-state index contributed by atoms with van der Waals surface area (Å²) in [7, 11) is -4.93. The number of allylic oxidation sites excluding steroid dienone is 15. The number of ether oxygens (including phenoxy) is 2. The van der Waals surface area contributed by atoms with E-state index in [4.69, 9.17) is 20.3 Å². The van der Waals surface area contributed by atoms with Crippen LogP contribution in [-0.2, 0) is 32.9 Å². The topological polar surface area (TPSA) is 203 Å². The van der Waals surface area contributed by atoms with Crippen molar-refractivity contribution >= 4 is 37.5 Å². The van der Waals surface area contributed by atoms with Crippen LogP contribution in [0.5, 0.6) is 0 Å². The predicted molar refractivity (Wildman–Crippen MR) is 254 cm³/mol. The first-order chi connectivity index (χ1) is 29.9. The molecule has 4 atom stereocenters. The van der Waals surface area contributed by atoms with Gasteiger partial charge in [-0.05, 0) is 83.5 Å². The zero-order valence-electron chi connectivity index (χ0n) is 37.4. The molecule has 0 rings (SSSR count). The first kappa shape index (κ1) is 58.7. The van der Waals surface area contributed by atoms with Crippen LogP contribution >= 0.6 is 19.6 Å². The largest absolute Gasteiger partial charge is 0.481 e. The second-order valence-electron chi connectivity index (χ2n) is 14.9. The van der Waals surface area contributed by atoms with Gasteiger partial charge in [-0.2, -0.15) is 0 Å². The number of rotatable bonds is 40. The highest BCUT2D eigenvalue weighted by atomic mass is 32.2. The molecule has 0 radical (unpaired) electrons. The number of esters is 2. The molecule has 6 N–H and O–H groups in total. The number of nitrogens with two attached hydrogens (primary N) is 1. The number of aliphatic hydroxyl groups excluding tert-OH is 1. The van der Waals surface area contributed by atoms with E-state index in [1.54, 1.807) is 18.2 Å². The van der Waals surface area contributed by atoms with Crippen LogP contribution in [0, 0.1) is 0 Å². The Balaban J connectivity index is 4.85. The van der Waals surface area contributed by atoms with Gasteiger partial charge in [-0.25, -0.2) is 4.57 Å². The van der Waals surface area contributed by atoms with Crippen LogP contribution in [-0.4, -0.2) is 80.4 Å². The van der Waals surface area contributed by atoms with Gasteiger partial charge >= 0.3 is 25.7 Å². The molecule has 0 amide bonds. The average molecular weight is 908 g/mol. The first-order valence-electron chi connectivity index (χ1n) is 22.5. The van der Waals surface area contributed by atoms with E-state index in [0.29, 0.717) is 6.42 Å². The van der Waals surface area contributed by atoms with Crippen molar-refractivity contribution in [1.29, 1.82) is 0 Å². The lowest BCUT2D eigenvalue weighted by molar-refractivity contribution is -0.161. The Morgan fingerprint density at radius 3 is 1.74 bits per heavy atom. The standard InChI is InChI=1S/C48H78NO11PS/c1-3-5-7-9-11-13-15-17-18-19-20-21-22-23-25-27-29-31-33-38-47(53)58-39-42(40-59-61(55,56)57)60-48(54)43(49)41-62-45(44(50)35-34-37-46(51)52)36-32-30-28-26-24-16-14-12-10-8-6-4-2/h11-14,17-18,20-21,23-26,28,30,32,36,42-45,50H,3-10,15-16,19,22,27,29,31,33-35,37-41,49H2,1-2H3,(H,51,52)(H2,55,56,57)/b13-11-,14-12-,18-17-,21-20-,25-23-,26-24-,30-28+,36-32+/t42-,43+,44+,45-/m1/s1. The van der Waals surface area contributed by atoms with Crippen molar-refractivity contribution in [1.82, 2.24) is 0 Å². The summed E-state index contributed by atoms with van der Waals surface area (Å²) in [5, 5.41) is 19.3. The van der Waals surface area contributed by atoms with Crippen molar-refractivity contribution in [2.75, 3.05) is 19.0 Å². The average Bonchev–Trinajstić information content (AvgIpc) is 3.23. The molecule has 352 valence electrons. The van der Waals surface area contributed by atoms with Crippen LogP contribution in [0.15, 0.2) is 97.2 Å². The molecule has 14 heteroatoms. The summed E-state index contributed by atoms with van der Waals surface area (Å²) in [4.78, 5) is 54.8. The number of unbranched alkanes of at least 4 members (excludes halogenated alkanes) is 9. The van der Waals surface area contributed by atoms with E-state index in [2.05, 4.69) is 79.1 Å². The molecule has 0 aliphatic rings. The van der Waals surface area contributed by atoms with Crippen molar-refractivity contribution < 1.29 is 52.9 Å². The maximum absolute atomic E-state index is 13.0. The molecule has 0 aliphatic heterocycles. The summed E-state index contributed by atoms with van der Waals surface area (Å²) >= 11 is 1.17. The number of phosphoric acid groups is 1. The highest BCUT2D eigenvalue weighted by Crippen LogP contribution is 2.36. The summed E-state index contributed by atoms with van der Waals surface area (Å²) in [6.45, 7) is 3.17. The molecule has 62 heavy (non-hydrogen) atoms. The quantitative estimate of drug-likeness (QED) is 0.0128. The highest BCUT2D eigenvalue weighted by Gasteiger charge is 2.27. The zero-order chi connectivity index (χ0) is 45.9. The fraction of sp³-hybridized carbons (Fsp3) is 0.604. The lowest BCUT2D eigenvalue weighted by Gasteiger charge is -2.23. The molecule has 0 fully saturated rings. The number of aliphatic carboxylic acids is 1. The molecule has 0 aliphatic carbocycles. The fourth-order valence-corrected chi connectivity index (χ4v) is 7.03. The summed E-state index contributed by atoms with van der Waals surface area (Å²) in [6, 6.07) is -1.21. The Kier molecular flexibility index (Phi) is 39.5. The smallest absolute Gasteiger partial charge is 0.469 e. The van der Waals surface area contributed by atoms with Gasteiger partial charge in [-0.1, -0.05) is 143 Å². The van der Waals surface area contributed by atoms with Gasteiger partial charge in [-0.3, -0.25) is 18.9 Å². The number of phosphoric ester groups is 1. The minimum absolute atomic E-state index is 0.00897. The van der Waals surface area contributed by atoms with Crippen LogP contribution in [0.2, 0.25) is 0 Å². The van der Waals surface area contributed by atoms with Crippen molar-refractivity contribution in [3.63, 3.8) is 0 Å². The van der Waals surface area contributed by atoms with E-state index in [1.165, 1.54) is 50.3 Å². The summed E-state index contributed by atoms with van der Waals surface area (Å²) in [5.41, 5.74) is 6.12. The van der Waals surface area contributed by atoms with Gasteiger partial charge in [0.1, 0.15) is 12.6 Å². The van der Waals surface area contributed by atoms with E-state index >= 15 is 0 Å². The Morgan fingerprint density at radius 1 is 0.661 bits per heavy atom. The van der Waals surface area contributed by atoms with Crippen molar-refractivity contribution in [3.05, 3.63) is 97.2 Å². The summed E-state index contributed by atoms with van der Waals surface area (Å²) in [6.07, 6.45) is 47.4. The Hall–Kier alpha value is -3.29. The van der Waals surface area contributed by atoms with Crippen LogP contribution in [0.1, 0.15) is 142 Å².